The van der Waals surface area contributed by atoms with E-state index in [4.69, 9.17) is 10.8 Å². The molecule has 0 aliphatic heterocycles. The van der Waals surface area contributed by atoms with Gasteiger partial charge in [-0.2, -0.15) is 0 Å². The predicted molar refractivity (Wildman–Crippen MR) is 179 cm³/mol. The van der Waals surface area contributed by atoms with Crippen LogP contribution in [0.25, 0.3) is 0 Å². The highest BCUT2D eigenvalue weighted by atomic mass is 32.1. The molecular weight excluding hydrogens is 484 g/mol. The SMILES string of the molecule is C1CCC1.C=C(C)S.CC.CC.CC1=CCC(O)C=C1.CNCN.Cc1ccccc1.Cc1ccccc1. The quantitative estimate of drug-likeness (QED) is 0.214. The molecule has 4 rings (SSSR count). The number of nitrogens with one attached hydrogen (secondary N) is 1. The topological polar surface area (TPSA) is 58.3 Å². The molecule has 218 valence electrons. The molecule has 1 saturated carbocycles. The van der Waals surface area contributed by atoms with Gasteiger partial charge in [-0.15, -0.1) is 12.6 Å². The zero-order chi connectivity index (χ0) is 30.0. The average molecular weight is 545 g/mol. The lowest BCUT2D eigenvalue weighted by atomic mass is 10.0. The lowest BCUT2D eigenvalue weighted by Crippen LogP contribution is -2.15. The van der Waals surface area contributed by atoms with E-state index < -0.39 is 0 Å². The van der Waals surface area contributed by atoms with Crippen molar-refractivity contribution in [2.24, 2.45) is 5.73 Å². The Bertz CT molecular complexity index is 707. The van der Waals surface area contributed by atoms with Gasteiger partial charge in [0, 0.05) is 6.67 Å². The zero-order valence-electron chi connectivity index (χ0n) is 26.0. The number of aryl methyl sites for hydroxylation is 2. The lowest BCUT2D eigenvalue weighted by Gasteiger charge is -2.06. The Balaban J connectivity index is -0.000000182. The molecule has 0 radical (unpaired) electrons. The smallest absolute Gasteiger partial charge is 0.0758 e. The summed E-state index contributed by atoms with van der Waals surface area (Å²) in [5, 5.41) is 11.6. The molecule has 2 aromatic rings. The van der Waals surface area contributed by atoms with Crippen LogP contribution in [0.4, 0.5) is 0 Å². The van der Waals surface area contributed by atoms with E-state index in [2.05, 4.69) is 62.6 Å². The molecule has 0 spiro atoms. The molecule has 0 aromatic heterocycles. The first-order valence-electron chi connectivity index (χ1n) is 14.0. The first kappa shape index (κ1) is 43.0. The Hall–Kier alpha value is -2.11. The van der Waals surface area contributed by atoms with Crippen molar-refractivity contribution in [3.8, 4) is 0 Å². The number of benzene rings is 2. The fourth-order valence-electron chi connectivity index (χ4n) is 2.03. The van der Waals surface area contributed by atoms with E-state index in [1.165, 1.54) is 42.4 Å². The minimum absolute atomic E-state index is 0.237. The van der Waals surface area contributed by atoms with Gasteiger partial charge in [-0.05, 0) is 46.1 Å². The van der Waals surface area contributed by atoms with Crippen LogP contribution in [-0.2, 0) is 0 Å². The molecule has 3 nitrogen and oxygen atoms in total. The van der Waals surface area contributed by atoms with Crippen LogP contribution in [0.3, 0.4) is 0 Å². The highest BCUT2D eigenvalue weighted by molar-refractivity contribution is 7.84. The van der Waals surface area contributed by atoms with Gasteiger partial charge in [0.25, 0.3) is 0 Å². The number of hydrogen-bond donors (Lipinski definition) is 4. The van der Waals surface area contributed by atoms with Gasteiger partial charge >= 0.3 is 0 Å². The molecule has 1 unspecified atom stereocenters. The first-order valence-corrected chi connectivity index (χ1v) is 14.4. The van der Waals surface area contributed by atoms with E-state index in [1.54, 1.807) is 7.05 Å². The van der Waals surface area contributed by atoms with Crippen molar-refractivity contribution in [1.82, 2.24) is 5.32 Å². The summed E-state index contributed by atoms with van der Waals surface area (Å²) in [7, 11) is 1.81. The largest absolute Gasteiger partial charge is 0.389 e. The summed E-state index contributed by atoms with van der Waals surface area (Å²) in [5.74, 6) is 0. The fraction of sp³-hybridized carbons (Fsp3) is 0.471. The van der Waals surface area contributed by atoms with E-state index in [0.717, 1.165) is 11.3 Å². The highest BCUT2D eigenvalue weighted by Gasteiger charge is 1.99. The second-order valence-electron chi connectivity index (χ2n) is 8.13. The molecule has 0 saturated heterocycles. The van der Waals surface area contributed by atoms with Crippen LogP contribution in [0.5, 0.6) is 0 Å². The van der Waals surface area contributed by atoms with Crippen molar-refractivity contribution in [2.45, 2.75) is 93.6 Å². The Morgan fingerprint density at radius 2 is 1.18 bits per heavy atom. The molecule has 0 heterocycles. The summed E-state index contributed by atoms with van der Waals surface area (Å²) in [4.78, 5) is 0.861. The number of allylic oxidation sites excluding steroid dienone is 3. The minimum atomic E-state index is -0.237. The molecule has 38 heavy (non-hydrogen) atoms. The maximum absolute atomic E-state index is 8.90. The van der Waals surface area contributed by atoms with Gasteiger partial charge in [0.15, 0.2) is 0 Å². The van der Waals surface area contributed by atoms with Gasteiger partial charge in [0.05, 0.1) is 6.10 Å². The Labute approximate surface area is 242 Å². The van der Waals surface area contributed by atoms with Crippen molar-refractivity contribution >= 4 is 12.6 Å². The molecule has 1 fully saturated rings. The van der Waals surface area contributed by atoms with E-state index in [-0.39, 0.29) is 6.10 Å². The van der Waals surface area contributed by atoms with E-state index in [9.17, 15) is 0 Å². The highest BCUT2D eigenvalue weighted by Crippen LogP contribution is 2.15. The average Bonchev–Trinajstić information content (AvgIpc) is 2.89. The molecular formula is C34H60N2OS. The second kappa shape index (κ2) is 37.0. The molecule has 4 heteroatoms. The van der Waals surface area contributed by atoms with Crippen molar-refractivity contribution < 1.29 is 5.11 Å². The third-order valence-corrected chi connectivity index (χ3v) is 4.35. The molecule has 0 amide bonds. The Morgan fingerprint density at radius 1 is 0.868 bits per heavy atom. The van der Waals surface area contributed by atoms with Crippen LogP contribution >= 0.6 is 12.6 Å². The fourth-order valence-corrected chi connectivity index (χ4v) is 2.03. The van der Waals surface area contributed by atoms with Gasteiger partial charge < -0.3 is 16.2 Å². The van der Waals surface area contributed by atoms with Crippen LogP contribution < -0.4 is 11.1 Å². The van der Waals surface area contributed by atoms with Crippen molar-refractivity contribution in [1.29, 1.82) is 0 Å². The van der Waals surface area contributed by atoms with E-state index in [1.807, 2.05) is 96.2 Å². The van der Waals surface area contributed by atoms with Crippen LogP contribution in [-0.4, -0.2) is 24.9 Å². The van der Waals surface area contributed by atoms with Gasteiger partial charge in [0.2, 0.25) is 0 Å². The van der Waals surface area contributed by atoms with Crippen LogP contribution in [0.15, 0.2) is 95.9 Å². The van der Waals surface area contributed by atoms with Gasteiger partial charge in [0.1, 0.15) is 0 Å². The molecule has 4 N–H and O–H groups in total. The van der Waals surface area contributed by atoms with E-state index >= 15 is 0 Å². The summed E-state index contributed by atoms with van der Waals surface area (Å²) >= 11 is 3.77. The third-order valence-electron chi connectivity index (χ3n) is 4.35. The summed E-state index contributed by atoms with van der Waals surface area (Å²) < 4.78 is 0. The van der Waals surface area contributed by atoms with Crippen LogP contribution in [0.2, 0.25) is 0 Å². The monoisotopic (exact) mass is 544 g/mol. The van der Waals surface area contributed by atoms with Gasteiger partial charge in [-0.1, -0.05) is 156 Å². The number of aliphatic hydroxyl groups excluding tert-OH is 1. The summed E-state index contributed by atoms with van der Waals surface area (Å²) in [6.45, 7) is 20.0. The van der Waals surface area contributed by atoms with Gasteiger partial charge in [-0.3, -0.25) is 0 Å². The molecule has 2 aromatic carbocycles. The Morgan fingerprint density at radius 3 is 1.32 bits per heavy atom. The normalized spacial score (nSPS) is 13.4. The summed E-state index contributed by atoms with van der Waals surface area (Å²) in [6.07, 6.45) is 12.3. The van der Waals surface area contributed by atoms with Crippen molar-refractivity contribution in [3.63, 3.8) is 0 Å². The summed E-state index contributed by atoms with van der Waals surface area (Å²) in [5.41, 5.74) is 8.81. The Kier molecular flexibility index (Phi) is 41.9. The molecule has 1 atom stereocenters. The van der Waals surface area contributed by atoms with Crippen molar-refractivity contribution in [3.05, 3.63) is 107 Å². The van der Waals surface area contributed by atoms with Crippen LogP contribution in [0.1, 0.15) is 84.8 Å². The van der Waals surface area contributed by atoms with Gasteiger partial charge in [-0.25, -0.2) is 0 Å². The minimum Gasteiger partial charge on any atom is -0.389 e. The number of hydrogen-bond acceptors (Lipinski definition) is 4. The number of rotatable bonds is 1. The maximum atomic E-state index is 8.90. The standard InChI is InChI=1S/C7H10O.2C7H8.C4H8.C3H6S.C2H8N2.2C2H6/c1-6-2-4-7(8)5-3-6;2*1-7-5-3-2-4-6-7;1-2-4-3-1;1-3(2)4;1-4-2-3;2*1-2/h2-4,7-8H,5H2,1H3;2*2-6H,1H3;1-4H2;4H,1H2,2H3;4H,2-3H2,1H3;2*1-2H3. The van der Waals surface area contributed by atoms with E-state index in [0.29, 0.717) is 6.67 Å². The number of thiol groups is 1. The second-order valence-corrected chi connectivity index (χ2v) is 8.89. The molecule has 2 aliphatic carbocycles. The van der Waals surface area contributed by atoms with Crippen LogP contribution in [0, 0.1) is 13.8 Å². The lowest BCUT2D eigenvalue weighted by molar-refractivity contribution is 0.225. The zero-order valence-corrected chi connectivity index (χ0v) is 26.9. The first-order chi connectivity index (χ1) is 18.2. The number of aliphatic hydroxyl groups is 1. The predicted octanol–water partition coefficient (Wildman–Crippen LogP) is 9.43. The third kappa shape index (κ3) is 43.9. The van der Waals surface area contributed by atoms with Crippen molar-refractivity contribution in [2.75, 3.05) is 13.7 Å². The maximum Gasteiger partial charge on any atom is 0.0758 e. The molecule has 2 aliphatic rings. The number of nitrogens with two attached hydrogens (primary N) is 1. The summed E-state index contributed by atoms with van der Waals surface area (Å²) in [6, 6.07) is 20.5. The molecule has 0 bridgehead atoms.